The Labute approximate surface area is 258 Å². The summed E-state index contributed by atoms with van der Waals surface area (Å²) >= 11 is 0. The van der Waals surface area contributed by atoms with Crippen molar-refractivity contribution in [2.24, 2.45) is 0 Å². The SMILES string of the molecule is CCCCCCCCCCCCOS(=O)(=O)[O-].CCCCCCCCCCCC[n+]1ccccc1.[Cl-].[Na+]. The molecule has 0 aromatic carbocycles. The van der Waals surface area contributed by atoms with E-state index in [1.54, 1.807) is 0 Å². The van der Waals surface area contributed by atoms with E-state index in [0.717, 1.165) is 12.8 Å². The fourth-order valence-corrected chi connectivity index (χ4v) is 4.44. The second-order valence-corrected chi connectivity index (χ2v) is 10.8. The summed E-state index contributed by atoms with van der Waals surface area (Å²) in [5.74, 6) is 0. The van der Waals surface area contributed by atoms with Gasteiger partial charge in [0, 0.05) is 18.6 Å². The summed E-state index contributed by atoms with van der Waals surface area (Å²) < 4.78 is 36.7. The van der Waals surface area contributed by atoms with Crippen molar-refractivity contribution in [3.8, 4) is 0 Å². The number of unbranched alkanes of at least 4 members (excludes halogenated alkanes) is 18. The zero-order chi connectivity index (χ0) is 25.9. The third kappa shape index (κ3) is 36.3. The molecule has 214 valence electrons. The average Bonchev–Trinajstić information content (AvgIpc) is 2.84. The molecule has 1 heterocycles. The molecule has 0 aliphatic carbocycles. The molecule has 5 nitrogen and oxygen atoms in total. The van der Waals surface area contributed by atoms with Gasteiger partial charge >= 0.3 is 29.6 Å². The van der Waals surface area contributed by atoms with Crippen LogP contribution in [0.3, 0.4) is 0 Å². The Balaban J connectivity index is -0.000000594. The van der Waals surface area contributed by atoms with Gasteiger partial charge < -0.3 is 17.0 Å². The Morgan fingerprint density at radius 3 is 1.32 bits per heavy atom. The van der Waals surface area contributed by atoms with Gasteiger partial charge in [0.05, 0.1) is 6.61 Å². The van der Waals surface area contributed by atoms with Crippen molar-refractivity contribution in [3.05, 3.63) is 30.6 Å². The molecule has 0 atom stereocenters. The minimum Gasteiger partial charge on any atom is -1.00 e. The quantitative estimate of drug-likeness (QED) is 0.0664. The van der Waals surface area contributed by atoms with Crippen LogP contribution in [0, 0.1) is 0 Å². The van der Waals surface area contributed by atoms with Gasteiger partial charge in [-0.1, -0.05) is 129 Å². The van der Waals surface area contributed by atoms with Crippen LogP contribution in [-0.2, 0) is 21.1 Å². The van der Waals surface area contributed by atoms with E-state index in [-0.39, 0.29) is 48.6 Å². The van der Waals surface area contributed by atoms with Crippen LogP contribution in [0.2, 0.25) is 0 Å². The van der Waals surface area contributed by atoms with Crippen LogP contribution < -0.4 is 46.5 Å². The predicted molar refractivity (Wildman–Crippen MR) is 146 cm³/mol. The molecule has 0 saturated carbocycles. The average molecular weight is 572 g/mol. The zero-order valence-corrected chi connectivity index (χ0v) is 27.9. The van der Waals surface area contributed by atoms with Crippen molar-refractivity contribution in [1.29, 1.82) is 0 Å². The largest absolute Gasteiger partial charge is 1.00 e. The Kier molecular flexibility index (Phi) is 36.7. The van der Waals surface area contributed by atoms with Crippen LogP contribution in [0.1, 0.15) is 142 Å². The third-order valence-corrected chi connectivity index (χ3v) is 6.73. The van der Waals surface area contributed by atoms with Gasteiger partial charge in [-0.3, -0.25) is 4.18 Å². The maximum atomic E-state index is 10.1. The molecule has 1 aromatic heterocycles. The molecular weight excluding hydrogens is 517 g/mol. The number of pyridine rings is 1. The van der Waals surface area contributed by atoms with Gasteiger partial charge in [0.15, 0.2) is 12.4 Å². The Hall–Kier alpha value is 0.310. The first-order valence-corrected chi connectivity index (χ1v) is 15.9. The van der Waals surface area contributed by atoms with Crippen molar-refractivity contribution in [3.63, 3.8) is 0 Å². The van der Waals surface area contributed by atoms with Crippen LogP contribution in [0.25, 0.3) is 0 Å². The van der Waals surface area contributed by atoms with Gasteiger partial charge in [0.1, 0.15) is 6.54 Å². The van der Waals surface area contributed by atoms with Gasteiger partial charge in [-0.2, -0.15) is 0 Å². The maximum Gasteiger partial charge on any atom is 1.00 e. The van der Waals surface area contributed by atoms with Crippen molar-refractivity contribution in [2.75, 3.05) is 6.61 Å². The summed E-state index contributed by atoms with van der Waals surface area (Å²) in [6, 6.07) is 6.29. The predicted octanol–water partition coefficient (Wildman–Crippen LogP) is 2.29. The second kappa shape index (κ2) is 32.5. The van der Waals surface area contributed by atoms with E-state index < -0.39 is 10.4 Å². The molecule has 0 N–H and O–H groups in total. The van der Waals surface area contributed by atoms with Crippen LogP contribution >= 0.6 is 0 Å². The first-order valence-electron chi connectivity index (χ1n) is 14.5. The number of hydrogen-bond donors (Lipinski definition) is 0. The number of aryl methyl sites for hydroxylation is 1. The fraction of sp³-hybridized carbons (Fsp3) is 0.828. The smallest absolute Gasteiger partial charge is 1.00 e. The molecule has 8 heteroatoms. The van der Waals surface area contributed by atoms with Crippen LogP contribution in [0.4, 0.5) is 0 Å². The molecule has 0 aliphatic rings. The van der Waals surface area contributed by atoms with E-state index in [0.29, 0.717) is 6.42 Å². The molecule has 0 bridgehead atoms. The Morgan fingerprint density at radius 2 is 0.946 bits per heavy atom. The molecule has 1 rings (SSSR count). The number of halogens is 1. The third-order valence-electron chi connectivity index (χ3n) is 6.27. The van der Waals surface area contributed by atoms with E-state index >= 15 is 0 Å². The molecule has 0 amide bonds. The van der Waals surface area contributed by atoms with Crippen molar-refractivity contribution < 1.29 is 63.7 Å². The molecular formula is C29H55ClNNaO4S. The Morgan fingerprint density at radius 1 is 0.595 bits per heavy atom. The summed E-state index contributed by atoms with van der Waals surface area (Å²) in [7, 11) is -4.48. The van der Waals surface area contributed by atoms with Crippen LogP contribution in [0.5, 0.6) is 0 Å². The summed E-state index contributed by atoms with van der Waals surface area (Å²) in [4.78, 5) is 0. The minimum atomic E-state index is -4.48. The Bertz CT molecular complexity index is 651. The van der Waals surface area contributed by atoms with E-state index in [1.807, 2.05) is 0 Å². The molecule has 0 unspecified atom stereocenters. The van der Waals surface area contributed by atoms with Crippen molar-refractivity contribution in [2.45, 2.75) is 149 Å². The van der Waals surface area contributed by atoms with E-state index in [4.69, 9.17) is 0 Å². The van der Waals surface area contributed by atoms with Crippen LogP contribution in [-0.4, -0.2) is 19.6 Å². The van der Waals surface area contributed by atoms with E-state index in [2.05, 4.69) is 53.2 Å². The number of aromatic nitrogens is 1. The van der Waals surface area contributed by atoms with Gasteiger partial charge in [0.2, 0.25) is 10.4 Å². The summed E-state index contributed by atoms with van der Waals surface area (Å²) in [6.07, 6.45) is 30.2. The van der Waals surface area contributed by atoms with Crippen molar-refractivity contribution >= 4 is 10.4 Å². The molecule has 0 radical (unpaired) electrons. The number of rotatable bonds is 23. The van der Waals surface area contributed by atoms with Gasteiger partial charge in [0.25, 0.3) is 0 Å². The van der Waals surface area contributed by atoms with Crippen LogP contribution in [0.15, 0.2) is 30.6 Å². The monoisotopic (exact) mass is 571 g/mol. The second-order valence-electron chi connectivity index (χ2n) is 9.71. The molecule has 0 aliphatic heterocycles. The van der Waals surface area contributed by atoms with E-state index in [1.165, 1.54) is 116 Å². The minimum absolute atomic E-state index is 0. The summed E-state index contributed by atoms with van der Waals surface area (Å²) in [5.41, 5.74) is 0. The fourth-order valence-electron chi connectivity index (χ4n) is 4.12. The van der Waals surface area contributed by atoms with Gasteiger partial charge in [-0.05, 0) is 12.8 Å². The number of hydrogen-bond acceptors (Lipinski definition) is 4. The number of nitrogens with zero attached hydrogens (tertiary/aromatic N) is 1. The van der Waals surface area contributed by atoms with E-state index in [9.17, 15) is 13.0 Å². The first kappa shape index (κ1) is 41.8. The molecule has 0 fully saturated rings. The molecule has 0 saturated heterocycles. The van der Waals surface area contributed by atoms with Gasteiger partial charge in [-0.25, -0.2) is 13.0 Å². The van der Waals surface area contributed by atoms with Crippen molar-refractivity contribution in [1.82, 2.24) is 0 Å². The molecule has 0 spiro atoms. The first-order chi connectivity index (χ1) is 17.0. The van der Waals surface area contributed by atoms with Gasteiger partial charge in [-0.15, -0.1) is 0 Å². The maximum absolute atomic E-state index is 10.1. The normalized spacial score (nSPS) is 10.7. The summed E-state index contributed by atoms with van der Waals surface area (Å²) in [6.45, 7) is 5.70. The molecule has 37 heavy (non-hydrogen) atoms. The summed E-state index contributed by atoms with van der Waals surface area (Å²) in [5, 5.41) is 0. The standard InChI is InChI=1S/C17H30N.C12H26O4S.ClH.Na/c1-2-3-4-5-6-7-8-9-10-12-15-18-16-13-11-14-17-18;1-2-3-4-5-6-7-8-9-10-11-12-16-17(13,14)15;;/h11,13-14,16-17H,2-10,12,15H2,1H3;2-12H2,1H3,(H,13,14,15);1H;/q+1;;;+1/p-2. The molecule has 1 aromatic rings. The topological polar surface area (TPSA) is 70.3 Å². The zero-order valence-electron chi connectivity index (χ0n) is 24.3.